The summed E-state index contributed by atoms with van der Waals surface area (Å²) in [6, 6.07) is 10.8. The summed E-state index contributed by atoms with van der Waals surface area (Å²) in [5, 5.41) is 0. The molecule has 0 N–H and O–H groups in total. The number of rotatable bonds is 6. The second-order valence-corrected chi connectivity index (χ2v) is 6.94. The first-order chi connectivity index (χ1) is 12.9. The van der Waals surface area contributed by atoms with Crippen LogP contribution in [0.2, 0.25) is 0 Å². The lowest BCUT2D eigenvalue weighted by molar-refractivity contribution is 0.208. The highest BCUT2D eigenvalue weighted by Gasteiger charge is 2.24. The van der Waals surface area contributed by atoms with Crippen molar-refractivity contribution < 1.29 is 0 Å². The number of benzene rings is 1. The Bertz CT molecular complexity index is 792. The molecule has 1 aromatic carbocycles. The monoisotopic (exact) mass is 347 g/mol. The van der Waals surface area contributed by atoms with Gasteiger partial charge >= 0.3 is 0 Å². The normalized spacial score (nSPS) is 16.0. The molecular formula is C21H25N5. The second kappa shape index (κ2) is 8.23. The Morgan fingerprint density at radius 3 is 2.54 bits per heavy atom. The Labute approximate surface area is 154 Å². The fourth-order valence-corrected chi connectivity index (χ4v) is 3.79. The van der Waals surface area contributed by atoms with Gasteiger partial charge in [-0.05, 0) is 50.9 Å². The summed E-state index contributed by atoms with van der Waals surface area (Å²) in [6.07, 6.45) is 13.8. The SMILES string of the molecule is c1ccc(CCCN2CCC(c3nccnc3-n3ccnc3)CC2)cc1. The Balaban J connectivity index is 1.32. The molecule has 2 aromatic heterocycles. The van der Waals surface area contributed by atoms with Crippen molar-refractivity contribution in [3.63, 3.8) is 0 Å². The molecule has 1 fully saturated rings. The quantitative estimate of drug-likeness (QED) is 0.685. The van der Waals surface area contributed by atoms with Gasteiger partial charge in [-0.3, -0.25) is 9.55 Å². The van der Waals surface area contributed by atoms with Crippen molar-refractivity contribution in [1.29, 1.82) is 0 Å². The van der Waals surface area contributed by atoms with Crippen molar-refractivity contribution >= 4 is 0 Å². The van der Waals surface area contributed by atoms with Gasteiger partial charge in [0, 0.05) is 30.7 Å². The molecule has 5 heteroatoms. The highest BCUT2D eigenvalue weighted by molar-refractivity contribution is 5.31. The van der Waals surface area contributed by atoms with Gasteiger partial charge in [0.2, 0.25) is 0 Å². The molecule has 4 rings (SSSR count). The van der Waals surface area contributed by atoms with Gasteiger partial charge < -0.3 is 4.90 Å². The molecule has 26 heavy (non-hydrogen) atoms. The lowest BCUT2D eigenvalue weighted by Crippen LogP contribution is -2.34. The van der Waals surface area contributed by atoms with Crippen LogP contribution in [0.25, 0.3) is 5.82 Å². The van der Waals surface area contributed by atoms with Crippen molar-refractivity contribution in [2.45, 2.75) is 31.6 Å². The van der Waals surface area contributed by atoms with E-state index in [4.69, 9.17) is 0 Å². The fraction of sp³-hybridized carbons (Fsp3) is 0.381. The van der Waals surface area contributed by atoms with E-state index >= 15 is 0 Å². The Morgan fingerprint density at radius 2 is 1.77 bits per heavy atom. The van der Waals surface area contributed by atoms with Gasteiger partial charge in [-0.1, -0.05) is 30.3 Å². The number of hydrogen-bond donors (Lipinski definition) is 0. The summed E-state index contributed by atoms with van der Waals surface area (Å²) in [7, 11) is 0. The van der Waals surface area contributed by atoms with Crippen LogP contribution in [0.4, 0.5) is 0 Å². The average Bonchev–Trinajstić information content (AvgIpc) is 3.24. The average molecular weight is 347 g/mol. The van der Waals surface area contributed by atoms with Crippen LogP contribution in [0.1, 0.15) is 36.4 Å². The zero-order valence-corrected chi connectivity index (χ0v) is 15.0. The van der Waals surface area contributed by atoms with E-state index in [2.05, 4.69) is 50.2 Å². The predicted octanol–water partition coefficient (Wildman–Crippen LogP) is 3.47. The third-order valence-electron chi connectivity index (χ3n) is 5.21. The Hall–Kier alpha value is -2.53. The van der Waals surface area contributed by atoms with E-state index in [1.807, 2.05) is 17.0 Å². The van der Waals surface area contributed by atoms with Crippen LogP contribution in [0, 0.1) is 0 Å². The summed E-state index contributed by atoms with van der Waals surface area (Å²) in [4.78, 5) is 15.9. The standard InChI is InChI=1S/C21H25N5/c1-2-5-18(6-3-1)7-4-13-25-14-8-19(9-15-25)20-21(24-11-10-23-20)26-16-12-22-17-26/h1-3,5-6,10-12,16-17,19H,4,7-9,13-15H2. The minimum atomic E-state index is 0.478. The number of nitrogens with zero attached hydrogens (tertiary/aromatic N) is 5. The summed E-state index contributed by atoms with van der Waals surface area (Å²) < 4.78 is 1.97. The van der Waals surface area contributed by atoms with Crippen molar-refractivity contribution in [2.24, 2.45) is 0 Å². The molecule has 3 heterocycles. The molecule has 1 aliphatic heterocycles. The summed E-state index contributed by atoms with van der Waals surface area (Å²) in [5.74, 6) is 1.40. The molecule has 0 bridgehead atoms. The van der Waals surface area contributed by atoms with E-state index in [1.165, 1.54) is 18.5 Å². The zero-order valence-electron chi connectivity index (χ0n) is 15.0. The van der Waals surface area contributed by atoms with Crippen molar-refractivity contribution in [3.05, 3.63) is 72.7 Å². The van der Waals surface area contributed by atoms with Gasteiger partial charge in [0.05, 0.1) is 5.69 Å². The van der Waals surface area contributed by atoms with E-state index in [0.717, 1.165) is 43.9 Å². The van der Waals surface area contributed by atoms with Crippen LogP contribution in [0.15, 0.2) is 61.4 Å². The van der Waals surface area contributed by atoms with Crippen LogP contribution in [-0.4, -0.2) is 44.1 Å². The molecule has 134 valence electrons. The minimum absolute atomic E-state index is 0.478. The molecule has 0 radical (unpaired) electrons. The van der Waals surface area contributed by atoms with Crippen LogP contribution < -0.4 is 0 Å². The summed E-state index contributed by atoms with van der Waals surface area (Å²) in [6.45, 7) is 3.45. The number of aryl methyl sites for hydroxylation is 1. The molecule has 0 amide bonds. The molecular weight excluding hydrogens is 322 g/mol. The smallest absolute Gasteiger partial charge is 0.159 e. The second-order valence-electron chi connectivity index (χ2n) is 6.94. The topological polar surface area (TPSA) is 46.8 Å². The first-order valence-corrected chi connectivity index (χ1v) is 9.45. The van der Waals surface area contributed by atoms with Gasteiger partial charge in [0.15, 0.2) is 5.82 Å². The van der Waals surface area contributed by atoms with Gasteiger partial charge in [0.25, 0.3) is 0 Å². The number of piperidine rings is 1. The highest BCUT2D eigenvalue weighted by atomic mass is 15.1. The van der Waals surface area contributed by atoms with E-state index in [0.29, 0.717) is 5.92 Å². The van der Waals surface area contributed by atoms with Crippen molar-refractivity contribution in [1.82, 2.24) is 24.4 Å². The molecule has 0 unspecified atom stereocenters. The third-order valence-corrected chi connectivity index (χ3v) is 5.21. The molecule has 0 atom stereocenters. The lowest BCUT2D eigenvalue weighted by atomic mass is 9.93. The molecule has 1 saturated heterocycles. The number of hydrogen-bond acceptors (Lipinski definition) is 4. The van der Waals surface area contributed by atoms with Crippen molar-refractivity contribution in [3.8, 4) is 5.82 Å². The maximum Gasteiger partial charge on any atom is 0.159 e. The first-order valence-electron chi connectivity index (χ1n) is 9.45. The van der Waals surface area contributed by atoms with E-state index in [9.17, 15) is 0 Å². The largest absolute Gasteiger partial charge is 0.303 e. The van der Waals surface area contributed by atoms with Crippen LogP contribution in [-0.2, 0) is 6.42 Å². The Morgan fingerprint density at radius 1 is 0.962 bits per heavy atom. The van der Waals surface area contributed by atoms with Gasteiger partial charge in [-0.15, -0.1) is 0 Å². The molecule has 1 aliphatic rings. The van der Waals surface area contributed by atoms with Gasteiger partial charge in [-0.2, -0.15) is 0 Å². The fourth-order valence-electron chi connectivity index (χ4n) is 3.79. The van der Waals surface area contributed by atoms with Crippen molar-refractivity contribution in [2.75, 3.05) is 19.6 Å². The zero-order chi connectivity index (χ0) is 17.6. The van der Waals surface area contributed by atoms with E-state index < -0.39 is 0 Å². The molecule has 5 nitrogen and oxygen atoms in total. The third kappa shape index (κ3) is 3.99. The number of aromatic nitrogens is 4. The molecule has 0 aliphatic carbocycles. The molecule has 3 aromatic rings. The van der Waals surface area contributed by atoms with E-state index in [1.54, 1.807) is 18.7 Å². The number of likely N-dealkylation sites (tertiary alicyclic amines) is 1. The van der Waals surface area contributed by atoms with Crippen LogP contribution >= 0.6 is 0 Å². The summed E-state index contributed by atoms with van der Waals surface area (Å²) in [5.41, 5.74) is 2.54. The highest BCUT2D eigenvalue weighted by Crippen LogP contribution is 2.29. The maximum atomic E-state index is 4.66. The Kier molecular flexibility index (Phi) is 5.36. The van der Waals surface area contributed by atoms with E-state index in [-0.39, 0.29) is 0 Å². The summed E-state index contributed by atoms with van der Waals surface area (Å²) >= 11 is 0. The van der Waals surface area contributed by atoms with Crippen LogP contribution in [0.5, 0.6) is 0 Å². The lowest BCUT2D eigenvalue weighted by Gasteiger charge is -2.32. The van der Waals surface area contributed by atoms with Gasteiger partial charge in [-0.25, -0.2) is 9.97 Å². The predicted molar refractivity (Wildman–Crippen MR) is 102 cm³/mol. The van der Waals surface area contributed by atoms with Gasteiger partial charge in [0.1, 0.15) is 6.33 Å². The van der Waals surface area contributed by atoms with Crippen LogP contribution in [0.3, 0.4) is 0 Å². The molecule has 0 spiro atoms. The number of imidazole rings is 1. The maximum absolute atomic E-state index is 4.66. The molecule has 0 saturated carbocycles. The first kappa shape index (κ1) is 16.9. The minimum Gasteiger partial charge on any atom is -0.303 e.